The average molecular weight is 441 g/mol. The van der Waals surface area contributed by atoms with Gasteiger partial charge in [0.15, 0.2) is 0 Å². The topological polar surface area (TPSA) is 64.6 Å². The Kier molecular flexibility index (Phi) is 5.48. The fourth-order valence-corrected chi connectivity index (χ4v) is 5.47. The zero-order valence-corrected chi connectivity index (χ0v) is 18.6. The molecule has 8 heteroatoms. The van der Waals surface area contributed by atoms with Gasteiger partial charge in [0.05, 0.1) is 17.4 Å². The Morgan fingerprint density at radius 3 is 2.55 bits per heavy atom. The Morgan fingerprint density at radius 1 is 1.16 bits per heavy atom. The van der Waals surface area contributed by atoms with Gasteiger partial charge in [-0.1, -0.05) is 41.9 Å². The van der Waals surface area contributed by atoms with E-state index in [-0.39, 0.29) is 12.1 Å². The molecule has 3 aliphatic rings. The third kappa shape index (κ3) is 4.34. The first-order chi connectivity index (χ1) is 15.0. The quantitative estimate of drug-likeness (QED) is 0.791. The molecule has 0 unspecified atom stereocenters. The highest BCUT2D eigenvalue weighted by molar-refractivity contribution is 6.30. The van der Waals surface area contributed by atoms with Gasteiger partial charge in [0.1, 0.15) is 0 Å². The Hall–Kier alpha value is -2.38. The zero-order valence-electron chi connectivity index (χ0n) is 17.9. The van der Waals surface area contributed by atoms with Crippen LogP contribution in [0.15, 0.2) is 42.7 Å². The molecule has 1 aromatic heterocycles. The predicted octanol–water partition coefficient (Wildman–Crippen LogP) is 3.01. The number of anilines is 1. The number of aromatic nitrogens is 2. The summed E-state index contributed by atoms with van der Waals surface area (Å²) in [4.78, 5) is 28.0. The first-order valence-corrected chi connectivity index (χ1v) is 11.4. The fraction of sp³-hybridized carbons (Fsp3) is 0.522. The van der Waals surface area contributed by atoms with E-state index in [2.05, 4.69) is 62.3 Å². The third-order valence-electron chi connectivity index (χ3n) is 6.83. The Balaban J connectivity index is 1.06. The molecule has 3 heterocycles. The Bertz CT molecular complexity index is 909. The largest absolute Gasteiger partial charge is 0.337 e. The molecule has 5 rings (SSSR count). The highest BCUT2D eigenvalue weighted by atomic mass is 35.5. The number of piperazine rings is 1. The Morgan fingerprint density at radius 2 is 1.87 bits per heavy atom. The summed E-state index contributed by atoms with van der Waals surface area (Å²) < 4.78 is 0. The summed E-state index contributed by atoms with van der Waals surface area (Å²) in [6.07, 6.45) is 5.41. The van der Waals surface area contributed by atoms with Crippen LogP contribution in [-0.4, -0.2) is 70.6 Å². The van der Waals surface area contributed by atoms with Gasteiger partial charge in [-0.3, -0.25) is 4.90 Å². The van der Waals surface area contributed by atoms with E-state index in [0.717, 1.165) is 45.6 Å². The number of nitrogens with one attached hydrogen (secondary N) is 1. The van der Waals surface area contributed by atoms with E-state index >= 15 is 0 Å². The monoisotopic (exact) mass is 440 g/mol. The second kappa shape index (κ2) is 8.28. The van der Waals surface area contributed by atoms with Crippen LogP contribution in [0.5, 0.6) is 0 Å². The van der Waals surface area contributed by atoms with Crippen molar-refractivity contribution in [3.05, 3.63) is 53.3 Å². The number of carbonyl (C=O) groups excluding carboxylic acids is 1. The maximum Gasteiger partial charge on any atom is 0.317 e. The number of urea groups is 1. The fourth-order valence-electron chi connectivity index (χ4n) is 5.37. The van der Waals surface area contributed by atoms with Gasteiger partial charge in [0, 0.05) is 51.4 Å². The first-order valence-electron chi connectivity index (χ1n) is 11.1. The van der Waals surface area contributed by atoms with Crippen molar-refractivity contribution in [1.82, 2.24) is 25.1 Å². The minimum absolute atomic E-state index is 0.0597. The van der Waals surface area contributed by atoms with Crippen molar-refractivity contribution in [1.29, 1.82) is 0 Å². The van der Waals surface area contributed by atoms with Crippen LogP contribution in [0.4, 0.5) is 10.7 Å². The number of nitrogens with zero attached hydrogens (tertiary/aromatic N) is 5. The van der Waals surface area contributed by atoms with Crippen molar-refractivity contribution in [2.24, 2.45) is 5.41 Å². The highest BCUT2D eigenvalue weighted by Gasteiger charge is 2.52. The SMILES string of the molecule is C[C@@H]1CN(c2ncc(Cl)cn2)CCN1C(=O)NC1CC2(C1)CN(Cc1ccccc1)C2. The van der Waals surface area contributed by atoms with Crippen molar-refractivity contribution in [2.75, 3.05) is 37.6 Å². The van der Waals surface area contributed by atoms with E-state index in [1.54, 1.807) is 12.4 Å². The van der Waals surface area contributed by atoms with Gasteiger partial charge >= 0.3 is 6.03 Å². The van der Waals surface area contributed by atoms with Crippen molar-refractivity contribution in [3.8, 4) is 0 Å². The molecule has 31 heavy (non-hydrogen) atoms. The van der Waals surface area contributed by atoms with Crippen LogP contribution in [0.25, 0.3) is 0 Å². The summed E-state index contributed by atoms with van der Waals surface area (Å²) in [7, 11) is 0. The summed E-state index contributed by atoms with van der Waals surface area (Å²) >= 11 is 5.88. The summed E-state index contributed by atoms with van der Waals surface area (Å²) in [6.45, 7) is 7.51. The molecule has 1 saturated carbocycles. The molecule has 1 spiro atoms. The van der Waals surface area contributed by atoms with Crippen LogP contribution in [0.3, 0.4) is 0 Å². The van der Waals surface area contributed by atoms with Gasteiger partial charge in [-0.25, -0.2) is 14.8 Å². The van der Waals surface area contributed by atoms with Crippen molar-refractivity contribution in [2.45, 2.75) is 38.4 Å². The number of amides is 2. The standard InChI is InChI=1S/C23H29ClN6O/c1-17-13-29(21-25-11-19(24)12-26-21)7-8-30(17)22(31)27-20-9-23(10-20)15-28(16-23)14-18-5-3-2-4-6-18/h2-6,11-12,17,20H,7-10,13-16H2,1H3,(H,27,31)/t17-/m1/s1. The molecule has 1 N–H and O–H groups in total. The maximum absolute atomic E-state index is 12.9. The number of hydrogen-bond acceptors (Lipinski definition) is 5. The van der Waals surface area contributed by atoms with Gasteiger partial charge in [0.2, 0.25) is 5.95 Å². The van der Waals surface area contributed by atoms with Crippen LogP contribution in [0.2, 0.25) is 5.02 Å². The van der Waals surface area contributed by atoms with Gasteiger partial charge in [0.25, 0.3) is 0 Å². The molecule has 2 aliphatic heterocycles. The summed E-state index contributed by atoms with van der Waals surface area (Å²) in [5, 5.41) is 3.80. The van der Waals surface area contributed by atoms with Gasteiger partial charge in [-0.05, 0) is 30.7 Å². The minimum Gasteiger partial charge on any atom is -0.337 e. The van der Waals surface area contributed by atoms with Crippen molar-refractivity contribution < 1.29 is 4.79 Å². The molecule has 164 valence electrons. The summed E-state index contributed by atoms with van der Waals surface area (Å²) in [6, 6.07) is 11.1. The van der Waals surface area contributed by atoms with Crippen LogP contribution in [0.1, 0.15) is 25.3 Å². The summed E-state index contributed by atoms with van der Waals surface area (Å²) in [5.41, 5.74) is 1.79. The molecule has 2 aromatic rings. The number of likely N-dealkylation sites (tertiary alicyclic amines) is 1. The Labute approximate surface area is 188 Å². The van der Waals surface area contributed by atoms with Crippen LogP contribution in [0, 0.1) is 5.41 Å². The zero-order chi connectivity index (χ0) is 21.4. The van der Waals surface area contributed by atoms with Gasteiger partial charge in [-0.15, -0.1) is 0 Å². The van der Waals surface area contributed by atoms with E-state index in [0.29, 0.717) is 29.0 Å². The predicted molar refractivity (Wildman–Crippen MR) is 121 cm³/mol. The maximum atomic E-state index is 12.9. The smallest absolute Gasteiger partial charge is 0.317 e. The van der Waals surface area contributed by atoms with E-state index in [1.807, 2.05) is 4.90 Å². The average Bonchev–Trinajstić information content (AvgIpc) is 2.71. The molecular formula is C23H29ClN6O. The van der Waals surface area contributed by atoms with Crippen LogP contribution < -0.4 is 10.2 Å². The minimum atomic E-state index is 0.0597. The lowest BCUT2D eigenvalue weighted by Crippen LogP contribution is -2.67. The molecule has 3 fully saturated rings. The van der Waals surface area contributed by atoms with Crippen LogP contribution >= 0.6 is 11.6 Å². The lowest BCUT2D eigenvalue weighted by Gasteiger charge is -2.59. The number of rotatable bonds is 4. The third-order valence-corrected chi connectivity index (χ3v) is 7.03. The van der Waals surface area contributed by atoms with Gasteiger partial charge < -0.3 is 15.1 Å². The molecule has 1 aromatic carbocycles. The molecule has 1 atom stereocenters. The number of halogens is 1. The van der Waals surface area contributed by atoms with E-state index in [4.69, 9.17) is 11.6 Å². The number of hydrogen-bond donors (Lipinski definition) is 1. The van der Waals surface area contributed by atoms with Crippen molar-refractivity contribution >= 4 is 23.6 Å². The highest BCUT2D eigenvalue weighted by Crippen LogP contribution is 2.48. The van der Waals surface area contributed by atoms with E-state index in [1.165, 1.54) is 5.56 Å². The number of benzene rings is 1. The van der Waals surface area contributed by atoms with E-state index < -0.39 is 0 Å². The van der Waals surface area contributed by atoms with Crippen molar-refractivity contribution in [3.63, 3.8) is 0 Å². The molecule has 2 saturated heterocycles. The first kappa shape index (κ1) is 20.5. The molecule has 1 aliphatic carbocycles. The molecule has 0 bridgehead atoms. The van der Waals surface area contributed by atoms with E-state index in [9.17, 15) is 4.79 Å². The lowest BCUT2D eigenvalue weighted by atomic mass is 9.60. The molecular weight excluding hydrogens is 412 g/mol. The molecule has 2 amide bonds. The number of carbonyl (C=O) groups is 1. The second-order valence-corrected chi connectivity index (χ2v) is 9.81. The lowest BCUT2D eigenvalue weighted by molar-refractivity contribution is -0.0810. The second-order valence-electron chi connectivity index (χ2n) is 9.38. The molecule has 7 nitrogen and oxygen atoms in total. The molecule has 0 radical (unpaired) electrons. The summed E-state index contributed by atoms with van der Waals surface area (Å²) in [5.74, 6) is 0.669. The normalized spacial score (nSPS) is 23.4. The van der Waals surface area contributed by atoms with Crippen LogP contribution in [-0.2, 0) is 6.54 Å². The van der Waals surface area contributed by atoms with Gasteiger partial charge in [-0.2, -0.15) is 0 Å².